The average molecular weight is 475 g/mol. The zero-order chi connectivity index (χ0) is 24.8. The van der Waals surface area contributed by atoms with Crippen LogP contribution in [-0.2, 0) is 6.42 Å². The quantitative estimate of drug-likeness (QED) is 0.264. The number of aromatic nitrogens is 1. The fraction of sp³-hybridized carbons (Fsp3) is 0.0571. The van der Waals surface area contributed by atoms with E-state index in [0.29, 0.717) is 0 Å². The molecule has 0 fully saturated rings. The molecule has 2 nitrogen and oxygen atoms in total. The van der Waals surface area contributed by atoms with E-state index < -0.39 is 0 Å². The largest absolute Gasteiger partial charge is 0.367 e. The number of benzene rings is 5. The second kappa shape index (κ2) is 8.76. The van der Waals surface area contributed by atoms with Crippen LogP contribution in [0.3, 0.4) is 0 Å². The lowest BCUT2D eigenvalue weighted by molar-refractivity contribution is 1.34. The van der Waals surface area contributed by atoms with Crippen molar-refractivity contribution in [2.75, 3.05) is 0 Å². The van der Waals surface area contributed by atoms with E-state index in [1.165, 1.54) is 60.8 Å². The molecule has 0 amide bonds. The summed E-state index contributed by atoms with van der Waals surface area (Å²) in [5.41, 5.74) is 13.3. The smallest absolute Gasteiger partial charge is 0.0747 e. The second-order valence-electron chi connectivity index (χ2n) is 9.87. The molecule has 176 valence electrons. The zero-order valence-corrected chi connectivity index (χ0v) is 20.7. The van der Waals surface area contributed by atoms with Crippen molar-refractivity contribution in [2.24, 2.45) is 4.99 Å². The summed E-state index contributed by atoms with van der Waals surface area (Å²) in [7, 11) is 0. The minimum absolute atomic E-state index is 0.862. The molecule has 0 saturated carbocycles. The number of hydrogen-bond donors (Lipinski definition) is 1. The van der Waals surface area contributed by atoms with Gasteiger partial charge in [-0.3, -0.25) is 4.99 Å². The minimum Gasteiger partial charge on any atom is -0.367 e. The second-order valence-corrected chi connectivity index (χ2v) is 9.87. The predicted octanol–water partition coefficient (Wildman–Crippen LogP) is 9.15. The summed E-state index contributed by atoms with van der Waals surface area (Å²) in [6.45, 7) is 2.17. The SMILES string of the molecule is Cc1cc2c(c(-c3ccc(-c4cc[nH]c4)cc3)c1)N=C(c1ccc(-c3ccc4ccccc4c3)cc1)C2. The monoisotopic (exact) mass is 474 g/mol. The number of H-pyrrole nitrogens is 1. The molecular weight excluding hydrogens is 448 g/mol. The topological polar surface area (TPSA) is 28.1 Å². The van der Waals surface area contributed by atoms with Crippen LogP contribution < -0.4 is 0 Å². The number of aromatic amines is 1. The maximum Gasteiger partial charge on any atom is 0.0747 e. The van der Waals surface area contributed by atoms with Crippen LogP contribution in [0.15, 0.2) is 127 Å². The first-order valence-corrected chi connectivity index (χ1v) is 12.8. The van der Waals surface area contributed by atoms with Crippen molar-refractivity contribution in [1.82, 2.24) is 4.98 Å². The standard InChI is InChI=1S/C35H26N2/c1-23-18-32-21-34(28-13-8-25(9-14-28)30-15-10-24-4-2-3-5-29(24)20-30)37-35(32)33(19-23)27-11-6-26(7-12-27)31-16-17-36-22-31/h2-20,22,36H,21H2,1H3. The Morgan fingerprint density at radius 2 is 1.27 bits per heavy atom. The molecule has 1 aliphatic heterocycles. The first kappa shape index (κ1) is 21.6. The van der Waals surface area contributed by atoms with Crippen LogP contribution in [-0.4, -0.2) is 10.7 Å². The Kier molecular flexibility index (Phi) is 5.11. The highest BCUT2D eigenvalue weighted by molar-refractivity contribution is 6.08. The highest BCUT2D eigenvalue weighted by atomic mass is 14.8. The fourth-order valence-corrected chi connectivity index (χ4v) is 5.43. The van der Waals surface area contributed by atoms with Gasteiger partial charge in [0.05, 0.1) is 11.4 Å². The summed E-state index contributed by atoms with van der Waals surface area (Å²) in [6, 6.07) is 39.5. The molecule has 1 aromatic heterocycles. The van der Waals surface area contributed by atoms with Crippen LogP contribution >= 0.6 is 0 Å². The van der Waals surface area contributed by atoms with Crippen molar-refractivity contribution in [3.63, 3.8) is 0 Å². The van der Waals surface area contributed by atoms with Gasteiger partial charge in [-0.25, -0.2) is 0 Å². The molecule has 7 rings (SSSR count). The normalized spacial score (nSPS) is 12.5. The van der Waals surface area contributed by atoms with E-state index >= 15 is 0 Å². The molecule has 0 saturated heterocycles. The number of aliphatic imine (C=N–C) groups is 1. The molecular formula is C35H26N2. The van der Waals surface area contributed by atoms with Gasteiger partial charge in [0.2, 0.25) is 0 Å². The highest BCUT2D eigenvalue weighted by Gasteiger charge is 2.20. The van der Waals surface area contributed by atoms with Crippen molar-refractivity contribution < 1.29 is 0 Å². The van der Waals surface area contributed by atoms with Gasteiger partial charge < -0.3 is 4.98 Å². The predicted molar refractivity (Wildman–Crippen MR) is 156 cm³/mol. The Hall–Kier alpha value is -4.69. The molecule has 1 aliphatic rings. The fourth-order valence-electron chi connectivity index (χ4n) is 5.43. The van der Waals surface area contributed by atoms with Gasteiger partial charge in [0.25, 0.3) is 0 Å². The Morgan fingerprint density at radius 3 is 2.03 bits per heavy atom. The minimum atomic E-state index is 0.862. The summed E-state index contributed by atoms with van der Waals surface area (Å²) in [6.07, 6.45) is 4.85. The molecule has 0 radical (unpaired) electrons. The zero-order valence-electron chi connectivity index (χ0n) is 20.7. The van der Waals surface area contributed by atoms with Gasteiger partial charge in [-0.05, 0) is 74.8 Å². The maximum absolute atomic E-state index is 5.17. The molecule has 0 atom stereocenters. The van der Waals surface area contributed by atoms with Crippen molar-refractivity contribution >= 4 is 22.2 Å². The highest BCUT2D eigenvalue weighted by Crippen LogP contribution is 2.40. The van der Waals surface area contributed by atoms with Crippen LogP contribution in [0.25, 0.3) is 44.2 Å². The third-order valence-corrected chi connectivity index (χ3v) is 7.37. The summed E-state index contributed by atoms with van der Waals surface area (Å²) >= 11 is 0. The van der Waals surface area contributed by atoms with Gasteiger partial charge in [0, 0.05) is 24.4 Å². The van der Waals surface area contributed by atoms with Crippen LogP contribution in [0.2, 0.25) is 0 Å². The average Bonchev–Trinajstić information content (AvgIpc) is 3.63. The molecule has 1 N–H and O–H groups in total. The Balaban J connectivity index is 1.20. The van der Waals surface area contributed by atoms with Gasteiger partial charge >= 0.3 is 0 Å². The summed E-state index contributed by atoms with van der Waals surface area (Å²) in [5.74, 6) is 0. The van der Waals surface area contributed by atoms with Crippen molar-refractivity contribution in [3.8, 4) is 33.4 Å². The van der Waals surface area contributed by atoms with Gasteiger partial charge in [0.15, 0.2) is 0 Å². The first-order chi connectivity index (χ1) is 18.2. The number of fused-ring (bicyclic) bond motifs is 2. The maximum atomic E-state index is 5.17. The number of rotatable bonds is 4. The molecule has 37 heavy (non-hydrogen) atoms. The van der Waals surface area contributed by atoms with Crippen LogP contribution in [0.4, 0.5) is 5.69 Å². The molecule has 6 aromatic rings. The van der Waals surface area contributed by atoms with E-state index in [0.717, 1.165) is 17.8 Å². The Morgan fingerprint density at radius 1 is 0.595 bits per heavy atom. The molecule has 5 aromatic carbocycles. The van der Waals surface area contributed by atoms with E-state index in [4.69, 9.17) is 4.99 Å². The molecule has 0 unspecified atom stereocenters. The van der Waals surface area contributed by atoms with E-state index in [-0.39, 0.29) is 0 Å². The van der Waals surface area contributed by atoms with Gasteiger partial charge in [-0.1, -0.05) is 96.6 Å². The number of hydrogen-bond acceptors (Lipinski definition) is 1. The van der Waals surface area contributed by atoms with Gasteiger partial charge in [0.1, 0.15) is 0 Å². The van der Waals surface area contributed by atoms with Crippen LogP contribution in [0.1, 0.15) is 16.7 Å². The molecule has 0 aliphatic carbocycles. The lowest BCUT2D eigenvalue weighted by Gasteiger charge is -2.09. The van der Waals surface area contributed by atoms with Crippen LogP contribution in [0.5, 0.6) is 0 Å². The Bertz CT molecular complexity index is 1770. The van der Waals surface area contributed by atoms with Crippen molar-refractivity contribution in [1.29, 1.82) is 0 Å². The summed E-state index contributed by atoms with van der Waals surface area (Å²) in [5, 5.41) is 2.54. The lowest BCUT2D eigenvalue weighted by Crippen LogP contribution is -2.00. The number of nitrogens with one attached hydrogen (secondary N) is 1. The van der Waals surface area contributed by atoms with Gasteiger partial charge in [-0.15, -0.1) is 0 Å². The lowest BCUT2D eigenvalue weighted by atomic mass is 9.95. The van der Waals surface area contributed by atoms with E-state index in [9.17, 15) is 0 Å². The molecule has 0 bridgehead atoms. The molecule has 0 spiro atoms. The van der Waals surface area contributed by atoms with E-state index in [1.54, 1.807) is 0 Å². The van der Waals surface area contributed by atoms with E-state index in [1.807, 2.05) is 12.4 Å². The van der Waals surface area contributed by atoms with Crippen LogP contribution in [0, 0.1) is 6.92 Å². The molecule has 2 heterocycles. The third-order valence-electron chi connectivity index (χ3n) is 7.37. The van der Waals surface area contributed by atoms with Gasteiger partial charge in [-0.2, -0.15) is 0 Å². The first-order valence-electron chi connectivity index (χ1n) is 12.8. The number of aryl methyl sites for hydroxylation is 1. The van der Waals surface area contributed by atoms with E-state index in [2.05, 4.69) is 121 Å². The summed E-state index contributed by atoms with van der Waals surface area (Å²) in [4.78, 5) is 8.30. The third kappa shape index (κ3) is 3.97. The Labute approximate surface area is 217 Å². The van der Waals surface area contributed by atoms with Crippen molar-refractivity contribution in [3.05, 3.63) is 138 Å². The number of nitrogens with zero attached hydrogens (tertiary/aromatic N) is 1. The molecule has 2 heteroatoms. The van der Waals surface area contributed by atoms with Crippen molar-refractivity contribution in [2.45, 2.75) is 13.3 Å². The summed E-state index contributed by atoms with van der Waals surface area (Å²) < 4.78 is 0.